The number of carbonyl (C=O) groups excluding carboxylic acids is 1. The molecule has 7 nitrogen and oxygen atoms in total. The molecule has 1 atom stereocenters. The Labute approximate surface area is 200 Å². The van der Waals surface area contributed by atoms with Crippen LogP contribution >= 0.6 is 28.1 Å². The molecule has 0 bridgehead atoms. The zero-order valence-electron chi connectivity index (χ0n) is 17.3. The van der Waals surface area contributed by atoms with E-state index in [0.29, 0.717) is 10.2 Å². The van der Waals surface area contributed by atoms with Crippen molar-refractivity contribution in [3.8, 4) is 0 Å². The van der Waals surface area contributed by atoms with Crippen LogP contribution < -0.4 is 9.44 Å². The molecule has 2 aromatic carbocycles. The Bertz CT molecular complexity index is 1240. The molecule has 0 saturated heterocycles. The molecule has 32 heavy (non-hydrogen) atoms. The Morgan fingerprint density at radius 3 is 2.72 bits per heavy atom. The summed E-state index contributed by atoms with van der Waals surface area (Å²) in [6, 6.07) is 14.4. The third kappa shape index (κ3) is 4.43. The normalized spacial score (nSPS) is 15.9. The standard InChI is InChI=1S/C22H21BrN4O3S2/c1-15(16-7-4-3-5-8-16)26(2)22(28)18-11-10-17(23)13-19(18)25-32(29,30)21-9-6-12-27-20(21)14-24-31-27/h3-15,24-25H,1-2H3. The molecule has 0 aromatic heterocycles. The topological polar surface area (TPSA) is 81.8 Å². The van der Waals surface area contributed by atoms with Crippen molar-refractivity contribution in [2.24, 2.45) is 0 Å². The van der Waals surface area contributed by atoms with E-state index in [9.17, 15) is 13.2 Å². The van der Waals surface area contributed by atoms with Gasteiger partial charge in [-0.15, -0.1) is 0 Å². The van der Waals surface area contributed by atoms with Gasteiger partial charge >= 0.3 is 0 Å². The van der Waals surface area contributed by atoms with E-state index >= 15 is 0 Å². The van der Waals surface area contributed by atoms with Gasteiger partial charge < -0.3 is 9.62 Å². The number of allylic oxidation sites excluding steroid dienone is 2. The molecule has 4 rings (SSSR count). The summed E-state index contributed by atoms with van der Waals surface area (Å²) in [6.07, 6.45) is 6.58. The minimum Gasteiger partial charge on any atom is -0.335 e. The summed E-state index contributed by atoms with van der Waals surface area (Å²) in [6.45, 7) is 1.93. The molecule has 0 fully saturated rings. The number of anilines is 1. The molecule has 1 amide bonds. The van der Waals surface area contributed by atoms with E-state index in [1.165, 1.54) is 18.2 Å². The van der Waals surface area contributed by atoms with Crippen LogP contribution in [0.25, 0.3) is 0 Å². The molecule has 2 aliphatic heterocycles. The predicted octanol–water partition coefficient (Wildman–Crippen LogP) is 4.75. The van der Waals surface area contributed by atoms with Crippen molar-refractivity contribution >= 4 is 49.7 Å². The summed E-state index contributed by atoms with van der Waals surface area (Å²) >= 11 is 4.65. The molecule has 0 radical (unpaired) electrons. The smallest absolute Gasteiger partial charge is 0.264 e. The largest absolute Gasteiger partial charge is 0.335 e. The molecular formula is C22H21BrN4O3S2. The first-order chi connectivity index (χ1) is 15.3. The monoisotopic (exact) mass is 532 g/mol. The highest BCUT2D eigenvalue weighted by Crippen LogP contribution is 2.35. The SMILES string of the molecule is CC(c1ccccc1)N(C)C(=O)c1ccc(Br)cc1NS(=O)(=O)C1=CC=CN2SNC=C12. The quantitative estimate of drug-likeness (QED) is 0.522. The summed E-state index contributed by atoms with van der Waals surface area (Å²) in [4.78, 5) is 15.1. The fourth-order valence-corrected chi connectivity index (χ4v) is 5.71. The molecular weight excluding hydrogens is 512 g/mol. The number of amides is 1. The van der Waals surface area contributed by atoms with Crippen LogP contribution in [0.5, 0.6) is 0 Å². The van der Waals surface area contributed by atoms with Gasteiger partial charge in [0.05, 0.1) is 35.1 Å². The number of nitrogens with one attached hydrogen (secondary N) is 2. The van der Waals surface area contributed by atoms with Gasteiger partial charge in [-0.1, -0.05) is 46.3 Å². The molecule has 1 unspecified atom stereocenters. The van der Waals surface area contributed by atoms with Gasteiger partial charge in [0.25, 0.3) is 15.9 Å². The number of rotatable bonds is 6. The maximum absolute atomic E-state index is 13.4. The number of hydrogen-bond acceptors (Lipinski definition) is 6. The highest BCUT2D eigenvalue weighted by molar-refractivity contribution is 9.10. The molecule has 0 saturated carbocycles. The Balaban J connectivity index is 1.65. The summed E-state index contributed by atoms with van der Waals surface area (Å²) in [7, 11) is -2.25. The predicted molar refractivity (Wildman–Crippen MR) is 132 cm³/mol. The number of halogens is 1. The lowest BCUT2D eigenvalue weighted by atomic mass is 10.1. The first-order valence-electron chi connectivity index (χ1n) is 9.73. The lowest BCUT2D eigenvalue weighted by molar-refractivity contribution is 0.0743. The summed E-state index contributed by atoms with van der Waals surface area (Å²) in [5.74, 6) is -0.289. The number of nitrogens with zero attached hydrogens (tertiary/aromatic N) is 2. The Morgan fingerprint density at radius 2 is 1.97 bits per heavy atom. The number of benzene rings is 2. The molecule has 166 valence electrons. The van der Waals surface area contributed by atoms with Gasteiger partial charge in [0.1, 0.15) is 4.91 Å². The average molecular weight is 533 g/mol. The minimum absolute atomic E-state index is 0.113. The van der Waals surface area contributed by atoms with Crippen LogP contribution in [0.3, 0.4) is 0 Å². The van der Waals surface area contributed by atoms with Crippen molar-refractivity contribution in [3.05, 3.63) is 99.3 Å². The van der Waals surface area contributed by atoms with Gasteiger partial charge in [-0.2, -0.15) is 0 Å². The molecule has 2 aliphatic rings. The van der Waals surface area contributed by atoms with Crippen LogP contribution in [0.15, 0.2) is 88.2 Å². The molecule has 2 N–H and O–H groups in total. The highest BCUT2D eigenvalue weighted by atomic mass is 79.9. The van der Waals surface area contributed by atoms with E-state index in [4.69, 9.17) is 0 Å². The lowest BCUT2D eigenvalue weighted by Crippen LogP contribution is -2.31. The van der Waals surface area contributed by atoms with E-state index in [1.54, 1.807) is 52.9 Å². The second kappa shape index (κ2) is 9.05. The van der Waals surface area contributed by atoms with Gasteiger partial charge in [0, 0.05) is 23.9 Å². The number of hydrogen-bond donors (Lipinski definition) is 2. The summed E-state index contributed by atoms with van der Waals surface area (Å²) in [5.41, 5.74) is 1.97. The first-order valence-corrected chi connectivity index (χ1v) is 12.8. The second-order valence-electron chi connectivity index (χ2n) is 7.24. The maximum Gasteiger partial charge on any atom is 0.264 e. The van der Waals surface area contributed by atoms with Crippen molar-refractivity contribution in [1.29, 1.82) is 0 Å². The van der Waals surface area contributed by atoms with Crippen molar-refractivity contribution in [1.82, 2.24) is 13.9 Å². The number of sulfonamides is 1. The molecule has 2 heterocycles. The van der Waals surface area contributed by atoms with Gasteiger partial charge in [-0.05, 0) is 42.8 Å². The Kier molecular flexibility index (Phi) is 6.36. The van der Waals surface area contributed by atoms with Gasteiger partial charge in [-0.25, -0.2) is 8.42 Å². The first kappa shape index (κ1) is 22.5. The van der Waals surface area contributed by atoms with Crippen LogP contribution in [0.1, 0.15) is 28.9 Å². The van der Waals surface area contributed by atoms with Crippen LogP contribution in [0, 0.1) is 0 Å². The van der Waals surface area contributed by atoms with Gasteiger partial charge in [-0.3, -0.25) is 13.8 Å². The zero-order chi connectivity index (χ0) is 22.9. The number of fused-ring (bicyclic) bond motifs is 1. The highest BCUT2D eigenvalue weighted by Gasteiger charge is 2.31. The van der Waals surface area contributed by atoms with E-state index in [0.717, 1.165) is 5.56 Å². The van der Waals surface area contributed by atoms with Crippen LogP contribution in [-0.4, -0.2) is 30.6 Å². The van der Waals surface area contributed by atoms with Crippen molar-refractivity contribution in [2.75, 3.05) is 11.8 Å². The lowest BCUT2D eigenvalue weighted by Gasteiger charge is -2.27. The summed E-state index contributed by atoms with van der Waals surface area (Å²) < 4.78 is 34.4. The Hall–Kier alpha value is -2.69. The van der Waals surface area contributed by atoms with Crippen molar-refractivity contribution in [2.45, 2.75) is 13.0 Å². The molecule has 0 spiro atoms. The van der Waals surface area contributed by atoms with E-state index in [2.05, 4.69) is 25.4 Å². The molecule has 10 heteroatoms. The van der Waals surface area contributed by atoms with Gasteiger partial charge in [0.15, 0.2) is 0 Å². The maximum atomic E-state index is 13.4. The summed E-state index contributed by atoms with van der Waals surface area (Å²) in [5, 5.41) is 0. The van der Waals surface area contributed by atoms with Crippen molar-refractivity contribution < 1.29 is 13.2 Å². The van der Waals surface area contributed by atoms with Crippen molar-refractivity contribution in [3.63, 3.8) is 0 Å². The molecule has 2 aromatic rings. The van der Waals surface area contributed by atoms with E-state index < -0.39 is 10.0 Å². The third-order valence-electron chi connectivity index (χ3n) is 5.23. The Morgan fingerprint density at radius 1 is 1.22 bits per heavy atom. The van der Waals surface area contributed by atoms with Gasteiger partial charge in [0.2, 0.25) is 0 Å². The van der Waals surface area contributed by atoms with Crippen LogP contribution in [-0.2, 0) is 10.0 Å². The van der Waals surface area contributed by atoms with E-state index in [1.807, 2.05) is 37.3 Å². The third-order valence-corrected chi connectivity index (χ3v) is 7.88. The average Bonchev–Trinajstić information content (AvgIpc) is 3.27. The molecule has 0 aliphatic carbocycles. The fraction of sp³-hybridized carbons (Fsp3) is 0.136. The minimum atomic E-state index is -3.96. The van der Waals surface area contributed by atoms with E-state index in [-0.39, 0.29) is 28.1 Å². The fourth-order valence-electron chi connectivity index (χ4n) is 3.37. The number of carbonyl (C=O) groups is 1. The zero-order valence-corrected chi connectivity index (χ0v) is 20.5. The van der Waals surface area contributed by atoms with Crippen LogP contribution in [0.4, 0.5) is 5.69 Å². The second-order valence-corrected chi connectivity index (χ2v) is 10.6. The van der Waals surface area contributed by atoms with Crippen LogP contribution in [0.2, 0.25) is 0 Å².